The van der Waals surface area contributed by atoms with Crippen molar-refractivity contribution in [3.05, 3.63) is 17.0 Å². The molecule has 0 aromatic carbocycles. The lowest BCUT2D eigenvalue weighted by molar-refractivity contribution is 0.0221. The van der Waals surface area contributed by atoms with Crippen molar-refractivity contribution in [3.8, 4) is 0 Å². The lowest BCUT2D eigenvalue weighted by Crippen LogP contribution is -2.44. The standard InChI is InChI=1S/C19H28N4O4/c1-18(2,3)27-17(26)21-8-4-14-13(12-21)15-16(25)22(10-11-24)19(5-6-19)7-9-23(15)20-14/h24H,4-12H2,1-3H3. The van der Waals surface area contributed by atoms with E-state index in [0.717, 1.165) is 30.5 Å². The van der Waals surface area contributed by atoms with E-state index < -0.39 is 5.60 Å². The summed E-state index contributed by atoms with van der Waals surface area (Å²) in [6.45, 7) is 7.40. The van der Waals surface area contributed by atoms with Crippen LogP contribution in [0, 0.1) is 0 Å². The van der Waals surface area contributed by atoms with Crippen LogP contribution >= 0.6 is 0 Å². The van der Waals surface area contributed by atoms with Crippen molar-refractivity contribution in [2.45, 2.75) is 70.7 Å². The van der Waals surface area contributed by atoms with Crippen LogP contribution in [0.25, 0.3) is 0 Å². The second kappa shape index (κ2) is 6.22. The molecule has 8 nitrogen and oxygen atoms in total. The molecule has 1 aromatic heterocycles. The zero-order valence-corrected chi connectivity index (χ0v) is 16.3. The van der Waals surface area contributed by atoms with E-state index in [1.807, 2.05) is 30.4 Å². The van der Waals surface area contributed by atoms with Gasteiger partial charge in [-0.2, -0.15) is 5.10 Å². The number of hydrogen-bond donors (Lipinski definition) is 1. The first-order valence-electron chi connectivity index (χ1n) is 9.73. The highest BCUT2D eigenvalue weighted by molar-refractivity contribution is 5.95. The lowest BCUT2D eigenvalue weighted by atomic mass is 10.0. The smallest absolute Gasteiger partial charge is 0.410 e. The fourth-order valence-corrected chi connectivity index (χ4v) is 4.21. The van der Waals surface area contributed by atoms with Gasteiger partial charge in [0, 0.05) is 37.2 Å². The highest BCUT2D eigenvalue weighted by Gasteiger charge is 2.52. The van der Waals surface area contributed by atoms with E-state index in [4.69, 9.17) is 4.74 Å². The number of aliphatic hydroxyl groups excluding tert-OH is 1. The third kappa shape index (κ3) is 3.20. The van der Waals surface area contributed by atoms with Gasteiger partial charge in [0.1, 0.15) is 11.3 Å². The summed E-state index contributed by atoms with van der Waals surface area (Å²) in [5.41, 5.74) is 1.63. The summed E-state index contributed by atoms with van der Waals surface area (Å²) < 4.78 is 7.32. The normalized spacial score (nSPS) is 21.0. The van der Waals surface area contributed by atoms with Gasteiger partial charge < -0.3 is 19.6 Å². The molecule has 1 N–H and O–H groups in total. The number of nitrogens with zero attached hydrogens (tertiary/aromatic N) is 4. The molecule has 0 saturated heterocycles. The van der Waals surface area contributed by atoms with E-state index in [2.05, 4.69) is 5.10 Å². The van der Waals surface area contributed by atoms with Crippen molar-refractivity contribution < 1.29 is 19.4 Å². The summed E-state index contributed by atoms with van der Waals surface area (Å²) in [7, 11) is 0. The maximum Gasteiger partial charge on any atom is 0.410 e. The Balaban J connectivity index is 1.63. The number of carbonyl (C=O) groups is 2. The van der Waals surface area contributed by atoms with Gasteiger partial charge in [-0.15, -0.1) is 0 Å². The fourth-order valence-electron chi connectivity index (χ4n) is 4.21. The molecule has 8 heteroatoms. The molecule has 1 spiro atoms. The number of aryl methyl sites for hydroxylation is 1. The number of rotatable bonds is 2. The van der Waals surface area contributed by atoms with Crippen LogP contribution < -0.4 is 0 Å². The number of hydrogen-bond acceptors (Lipinski definition) is 5. The lowest BCUT2D eigenvalue weighted by Gasteiger charge is -2.31. The summed E-state index contributed by atoms with van der Waals surface area (Å²) in [4.78, 5) is 29.3. The molecular formula is C19H28N4O4. The van der Waals surface area contributed by atoms with Crippen molar-refractivity contribution in [1.29, 1.82) is 0 Å². The van der Waals surface area contributed by atoms with E-state index in [-0.39, 0.29) is 24.1 Å². The van der Waals surface area contributed by atoms with Gasteiger partial charge in [0.05, 0.1) is 18.8 Å². The van der Waals surface area contributed by atoms with Crippen LogP contribution in [0.5, 0.6) is 0 Å². The van der Waals surface area contributed by atoms with E-state index in [9.17, 15) is 14.7 Å². The number of aromatic nitrogens is 2. The predicted molar refractivity (Wildman–Crippen MR) is 97.3 cm³/mol. The van der Waals surface area contributed by atoms with Gasteiger partial charge in [-0.1, -0.05) is 0 Å². The van der Waals surface area contributed by atoms with Crippen LogP contribution in [-0.2, 0) is 24.2 Å². The summed E-state index contributed by atoms with van der Waals surface area (Å²) in [5, 5.41) is 14.1. The molecule has 2 amide bonds. The predicted octanol–water partition coefficient (Wildman–Crippen LogP) is 1.55. The van der Waals surface area contributed by atoms with Gasteiger partial charge in [0.25, 0.3) is 5.91 Å². The Hall–Kier alpha value is -2.09. The summed E-state index contributed by atoms with van der Waals surface area (Å²) in [6, 6.07) is 0. The Morgan fingerprint density at radius 3 is 2.63 bits per heavy atom. The molecular weight excluding hydrogens is 348 g/mol. The molecule has 4 rings (SSSR count). The molecule has 0 radical (unpaired) electrons. The molecule has 3 heterocycles. The number of ether oxygens (including phenoxy) is 1. The molecule has 27 heavy (non-hydrogen) atoms. The Morgan fingerprint density at radius 1 is 1.26 bits per heavy atom. The molecule has 0 unspecified atom stereocenters. The van der Waals surface area contributed by atoms with Crippen molar-refractivity contribution >= 4 is 12.0 Å². The molecule has 1 fully saturated rings. The van der Waals surface area contributed by atoms with Gasteiger partial charge in [-0.3, -0.25) is 9.48 Å². The molecule has 1 saturated carbocycles. The SMILES string of the molecule is CC(C)(C)OC(=O)N1CCc2nn3c(c2C1)C(=O)N(CCO)C1(CC3)CC1. The van der Waals surface area contributed by atoms with Gasteiger partial charge in [-0.05, 0) is 40.0 Å². The minimum atomic E-state index is -0.556. The van der Waals surface area contributed by atoms with Crippen LogP contribution in [0.2, 0.25) is 0 Å². The third-order valence-corrected chi connectivity index (χ3v) is 5.71. The van der Waals surface area contributed by atoms with E-state index in [1.165, 1.54) is 0 Å². The number of β-amino-alcohol motifs (C(OH)–C–C–N with tert-alkyl or cyclic N) is 1. The van der Waals surface area contributed by atoms with E-state index in [1.54, 1.807) is 4.90 Å². The molecule has 0 atom stereocenters. The van der Waals surface area contributed by atoms with Crippen LogP contribution in [0.15, 0.2) is 0 Å². The molecule has 1 aromatic rings. The number of fused-ring (bicyclic) bond motifs is 3. The minimum Gasteiger partial charge on any atom is -0.444 e. The second-order valence-electron chi connectivity index (χ2n) is 8.80. The van der Waals surface area contributed by atoms with E-state index >= 15 is 0 Å². The quantitative estimate of drug-likeness (QED) is 0.846. The molecule has 2 aliphatic heterocycles. The Bertz CT molecular complexity index is 775. The first kappa shape index (κ1) is 18.3. The first-order chi connectivity index (χ1) is 12.7. The van der Waals surface area contributed by atoms with Crippen LogP contribution in [0.4, 0.5) is 4.79 Å². The van der Waals surface area contributed by atoms with Crippen LogP contribution in [0.1, 0.15) is 61.8 Å². The maximum atomic E-state index is 13.3. The molecule has 0 bridgehead atoms. The minimum absolute atomic E-state index is 0.0478. The maximum absolute atomic E-state index is 13.3. The summed E-state index contributed by atoms with van der Waals surface area (Å²) in [5.74, 6) is -0.0705. The average Bonchev–Trinajstić information content (AvgIpc) is 3.30. The second-order valence-corrected chi connectivity index (χ2v) is 8.80. The van der Waals surface area contributed by atoms with Gasteiger partial charge in [0.15, 0.2) is 0 Å². The Labute approximate surface area is 159 Å². The van der Waals surface area contributed by atoms with Crippen LogP contribution in [-0.4, -0.2) is 67.5 Å². The highest BCUT2D eigenvalue weighted by Crippen LogP contribution is 2.47. The van der Waals surface area contributed by atoms with Gasteiger partial charge in [0.2, 0.25) is 0 Å². The van der Waals surface area contributed by atoms with Gasteiger partial charge in [-0.25, -0.2) is 4.79 Å². The Kier molecular flexibility index (Phi) is 4.21. The van der Waals surface area contributed by atoms with Crippen molar-refractivity contribution in [2.75, 3.05) is 19.7 Å². The zero-order valence-electron chi connectivity index (χ0n) is 16.3. The highest BCUT2D eigenvalue weighted by atomic mass is 16.6. The largest absolute Gasteiger partial charge is 0.444 e. The van der Waals surface area contributed by atoms with Crippen molar-refractivity contribution in [2.24, 2.45) is 0 Å². The van der Waals surface area contributed by atoms with Crippen molar-refractivity contribution in [3.63, 3.8) is 0 Å². The van der Waals surface area contributed by atoms with Crippen molar-refractivity contribution in [1.82, 2.24) is 19.6 Å². The Morgan fingerprint density at radius 2 is 2.00 bits per heavy atom. The summed E-state index contributed by atoms with van der Waals surface area (Å²) >= 11 is 0. The topological polar surface area (TPSA) is 87.9 Å². The number of carbonyl (C=O) groups excluding carboxylic acids is 2. The average molecular weight is 376 g/mol. The molecule has 148 valence electrons. The van der Waals surface area contributed by atoms with E-state index in [0.29, 0.717) is 38.3 Å². The summed E-state index contributed by atoms with van der Waals surface area (Å²) in [6.07, 6.45) is 3.08. The number of amides is 2. The van der Waals surface area contributed by atoms with Crippen LogP contribution in [0.3, 0.4) is 0 Å². The first-order valence-corrected chi connectivity index (χ1v) is 9.73. The van der Waals surface area contributed by atoms with Gasteiger partial charge >= 0.3 is 6.09 Å². The number of aliphatic hydroxyl groups is 1. The monoisotopic (exact) mass is 376 g/mol. The molecule has 1 aliphatic carbocycles. The third-order valence-electron chi connectivity index (χ3n) is 5.71. The fraction of sp³-hybridized carbons (Fsp3) is 0.737. The molecule has 3 aliphatic rings. The zero-order chi connectivity index (χ0) is 19.4.